The number of benzene rings is 1. The lowest BCUT2D eigenvalue weighted by molar-refractivity contribution is 0.343. The standard InChI is InChI=1S/C14H17NO/c1-2-16-13-9-5-7-11-10-6-3-4-8-12(10)15-14(11)13/h5,7,9,15H,2-4,6,8H2,1H3. The van der Waals surface area contributed by atoms with E-state index < -0.39 is 0 Å². The second-order valence-corrected chi connectivity index (χ2v) is 4.40. The molecule has 3 rings (SSSR count). The zero-order valence-corrected chi connectivity index (χ0v) is 9.68. The van der Waals surface area contributed by atoms with Crippen molar-refractivity contribution in [3.63, 3.8) is 0 Å². The lowest BCUT2D eigenvalue weighted by Gasteiger charge is -2.10. The quantitative estimate of drug-likeness (QED) is 0.815. The fraction of sp³-hybridized carbons (Fsp3) is 0.429. The van der Waals surface area contributed by atoms with Gasteiger partial charge < -0.3 is 9.72 Å². The van der Waals surface area contributed by atoms with E-state index in [4.69, 9.17) is 4.74 Å². The molecule has 2 heteroatoms. The number of ether oxygens (including phenoxy) is 1. The first-order chi connectivity index (χ1) is 7.90. The first-order valence-corrected chi connectivity index (χ1v) is 6.15. The Hall–Kier alpha value is -1.44. The van der Waals surface area contributed by atoms with Crippen LogP contribution in [0.25, 0.3) is 10.9 Å². The van der Waals surface area contributed by atoms with Gasteiger partial charge in [-0.25, -0.2) is 0 Å². The molecule has 0 spiro atoms. The maximum atomic E-state index is 5.67. The van der Waals surface area contributed by atoms with E-state index >= 15 is 0 Å². The number of aromatic amines is 1. The number of hydrogen-bond donors (Lipinski definition) is 1. The van der Waals surface area contributed by atoms with Gasteiger partial charge in [0, 0.05) is 11.1 Å². The van der Waals surface area contributed by atoms with E-state index in [2.05, 4.69) is 17.1 Å². The minimum Gasteiger partial charge on any atom is -0.492 e. The number of nitrogens with one attached hydrogen (secondary N) is 1. The maximum absolute atomic E-state index is 5.67. The molecule has 0 bridgehead atoms. The van der Waals surface area contributed by atoms with Crippen LogP contribution in [0.2, 0.25) is 0 Å². The van der Waals surface area contributed by atoms with Gasteiger partial charge in [-0.1, -0.05) is 12.1 Å². The lowest BCUT2D eigenvalue weighted by Crippen LogP contribution is -1.99. The van der Waals surface area contributed by atoms with Crippen LogP contribution in [0, 0.1) is 0 Å². The molecular weight excluding hydrogens is 198 g/mol. The molecule has 1 aliphatic rings. The topological polar surface area (TPSA) is 25.0 Å². The van der Waals surface area contributed by atoms with Gasteiger partial charge >= 0.3 is 0 Å². The van der Waals surface area contributed by atoms with E-state index in [1.165, 1.54) is 47.8 Å². The molecule has 1 aliphatic carbocycles. The lowest BCUT2D eigenvalue weighted by atomic mass is 9.96. The summed E-state index contributed by atoms with van der Waals surface area (Å²) in [4.78, 5) is 3.54. The van der Waals surface area contributed by atoms with Gasteiger partial charge in [0.05, 0.1) is 12.1 Å². The number of hydrogen-bond acceptors (Lipinski definition) is 1. The predicted octanol–water partition coefficient (Wildman–Crippen LogP) is 3.45. The minimum atomic E-state index is 0.725. The van der Waals surface area contributed by atoms with Crippen molar-refractivity contribution in [2.45, 2.75) is 32.6 Å². The fourth-order valence-corrected chi connectivity index (χ4v) is 2.68. The second kappa shape index (κ2) is 3.85. The van der Waals surface area contributed by atoms with Gasteiger partial charge in [0.15, 0.2) is 0 Å². The molecule has 1 heterocycles. The van der Waals surface area contributed by atoms with E-state index in [0.29, 0.717) is 0 Å². The predicted molar refractivity (Wildman–Crippen MR) is 66.1 cm³/mol. The van der Waals surface area contributed by atoms with E-state index in [-0.39, 0.29) is 0 Å². The van der Waals surface area contributed by atoms with Crippen LogP contribution in [-0.4, -0.2) is 11.6 Å². The third-order valence-electron chi connectivity index (χ3n) is 3.39. The zero-order valence-electron chi connectivity index (χ0n) is 9.68. The average molecular weight is 215 g/mol. The van der Waals surface area contributed by atoms with E-state index in [9.17, 15) is 0 Å². The van der Waals surface area contributed by atoms with Crippen LogP contribution in [0.3, 0.4) is 0 Å². The van der Waals surface area contributed by atoms with Gasteiger partial charge in [-0.15, -0.1) is 0 Å². The molecular formula is C14H17NO. The summed E-state index contributed by atoms with van der Waals surface area (Å²) in [5, 5.41) is 1.36. The fourth-order valence-electron chi connectivity index (χ4n) is 2.68. The Labute approximate surface area is 95.6 Å². The summed E-state index contributed by atoms with van der Waals surface area (Å²) in [6.07, 6.45) is 5.03. The van der Waals surface area contributed by atoms with Crippen LogP contribution in [0.4, 0.5) is 0 Å². The number of aromatic nitrogens is 1. The number of aryl methyl sites for hydroxylation is 2. The molecule has 2 nitrogen and oxygen atoms in total. The van der Waals surface area contributed by atoms with Crippen LogP contribution in [0.5, 0.6) is 5.75 Å². The Morgan fingerprint density at radius 1 is 1.25 bits per heavy atom. The highest BCUT2D eigenvalue weighted by atomic mass is 16.5. The third kappa shape index (κ3) is 1.41. The maximum Gasteiger partial charge on any atom is 0.143 e. The van der Waals surface area contributed by atoms with E-state index in [1.807, 2.05) is 13.0 Å². The van der Waals surface area contributed by atoms with Crippen molar-refractivity contribution in [2.75, 3.05) is 6.61 Å². The van der Waals surface area contributed by atoms with Gasteiger partial charge in [-0.2, -0.15) is 0 Å². The molecule has 0 saturated heterocycles. The SMILES string of the molecule is CCOc1cccc2c3c([nH]c12)CCCC3. The Bertz CT molecular complexity index is 513. The Morgan fingerprint density at radius 2 is 2.12 bits per heavy atom. The van der Waals surface area contributed by atoms with Crippen LogP contribution < -0.4 is 4.74 Å². The normalized spacial score (nSPS) is 15.1. The smallest absolute Gasteiger partial charge is 0.143 e. The summed E-state index contributed by atoms with van der Waals surface area (Å²) >= 11 is 0. The van der Waals surface area contributed by atoms with Crippen molar-refractivity contribution < 1.29 is 4.74 Å². The average Bonchev–Trinajstić information content (AvgIpc) is 2.69. The second-order valence-electron chi connectivity index (χ2n) is 4.40. The van der Waals surface area contributed by atoms with Gasteiger partial charge in [-0.3, -0.25) is 0 Å². The monoisotopic (exact) mass is 215 g/mol. The molecule has 1 N–H and O–H groups in total. The van der Waals surface area contributed by atoms with Gasteiger partial charge in [0.2, 0.25) is 0 Å². The largest absolute Gasteiger partial charge is 0.492 e. The zero-order chi connectivity index (χ0) is 11.0. The highest BCUT2D eigenvalue weighted by molar-refractivity contribution is 5.89. The van der Waals surface area contributed by atoms with Crippen molar-refractivity contribution in [1.29, 1.82) is 0 Å². The molecule has 16 heavy (non-hydrogen) atoms. The van der Waals surface area contributed by atoms with Gasteiger partial charge in [0.25, 0.3) is 0 Å². The van der Waals surface area contributed by atoms with Crippen molar-refractivity contribution in [1.82, 2.24) is 4.98 Å². The van der Waals surface area contributed by atoms with Crippen LogP contribution in [0.15, 0.2) is 18.2 Å². The molecule has 2 aromatic rings. The number of fused-ring (bicyclic) bond motifs is 3. The van der Waals surface area contributed by atoms with E-state index in [0.717, 1.165) is 12.4 Å². The molecule has 1 aromatic carbocycles. The summed E-state index contributed by atoms with van der Waals surface area (Å²) in [6, 6.07) is 6.35. The first kappa shape index (κ1) is 9.76. The molecule has 0 saturated carbocycles. The number of rotatable bonds is 2. The Kier molecular flexibility index (Phi) is 2.35. The molecule has 1 aromatic heterocycles. The molecule has 0 atom stereocenters. The van der Waals surface area contributed by atoms with Crippen LogP contribution in [0.1, 0.15) is 31.0 Å². The molecule has 0 unspecified atom stereocenters. The number of para-hydroxylation sites is 1. The molecule has 0 aliphatic heterocycles. The summed E-state index contributed by atoms with van der Waals surface area (Å²) < 4.78 is 5.67. The van der Waals surface area contributed by atoms with E-state index in [1.54, 1.807) is 0 Å². The van der Waals surface area contributed by atoms with Crippen molar-refractivity contribution in [3.05, 3.63) is 29.5 Å². The third-order valence-corrected chi connectivity index (χ3v) is 3.39. The van der Waals surface area contributed by atoms with Crippen molar-refractivity contribution in [3.8, 4) is 5.75 Å². The highest BCUT2D eigenvalue weighted by Crippen LogP contribution is 2.33. The van der Waals surface area contributed by atoms with Crippen molar-refractivity contribution in [2.24, 2.45) is 0 Å². The molecule has 0 radical (unpaired) electrons. The summed E-state index contributed by atoms with van der Waals surface area (Å²) in [7, 11) is 0. The molecule has 0 fully saturated rings. The first-order valence-electron chi connectivity index (χ1n) is 6.15. The van der Waals surface area contributed by atoms with Gasteiger partial charge in [0.1, 0.15) is 5.75 Å². The van der Waals surface area contributed by atoms with Crippen LogP contribution >= 0.6 is 0 Å². The number of H-pyrrole nitrogens is 1. The van der Waals surface area contributed by atoms with Crippen LogP contribution in [-0.2, 0) is 12.8 Å². The van der Waals surface area contributed by atoms with Crippen molar-refractivity contribution >= 4 is 10.9 Å². The minimum absolute atomic E-state index is 0.725. The summed E-state index contributed by atoms with van der Waals surface area (Å²) in [6.45, 7) is 2.75. The molecule has 84 valence electrons. The van der Waals surface area contributed by atoms with Gasteiger partial charge in [-0.05, 0) is 44.2 Å². The Morgan fingerprint density at radius 3 is 3.00 bits per heavy atom. The summed E-state index contributed by atoms with van der Waals surface area (Å²) in [5.74, 6) is 0.995. The molecule has 0 amide bonds. The summed E-state index contributed by atoms with van der Waals surface area (Å²) in [5.41, 5.74) is 4.13. The highest BCUT2D eigenvalue weighted by Gasteiger charge is 2.16. The Balaban J connectivity index is 2.21.